The van der Waals surface area contributed by atoms with E-state index in [0.29, 0.717) is 0 Å². The van der Waals surface area contributed by atoms with Gasteiger partial charge in [-0.2, -0.15) is 0 Å². The highest BCUT2D eigenvalue weighted by Gasteiger charge is 2.07. The minimum absolute atomic E-state index is 0.150. The molecule has 0 saturated heterocycles. The molecule has 0 heterocycles. The van der Waals surface area contributed by atoms with E-state index in [2.05, 4.69) is 34.7 Å². The fourth-order valence-corrected chi connectivity index (χ4v) is 3.37. The second-order valence-corrected chi connectivity index (χ2v) is 5.69. The van der Waals surface area contributed by atoms with Crippen LogP contribution in [0.4, 0.5) is 0 Å². The van der Waals surface area contributed by atoms with E-state index in [-0.39, 0.29) is 7.92 Å². The monoisotopic (exact) mass is 172 g/mol. The Morgan fingerprint density at radius 3 is 2.60 bits per heavy atom. The number of rotatable bonds is 1. The second-order valence-electron chi connectivity index (χ2n) is 2.74. The van der Waals surface area contributed by atoms with E-state index in [1.807, 2.05) is 0 Å². The molecule has 1 atom stereocenters. The van der Waals surface area contributed by atoms with Gasteiger partial charge >= 0.3 is 0 Å². The Balaban J connectivity index is 2.79. The molecule has 0 aromatic carbocycles. The summed E-state index contributed by atoms with van der Waals surface area (Å²) in [5.41, 5.74) is 0. The van der Waals surface area contributed by atoms with Gasteiger partial charge in [-0.15, -0.1) is 9.24 Å². The summed E-state index contributed by atoms with van der Waals surface area (Å²) in [5, 5.41) is 3.10. The van der Waals surface area contributed by atoms with Gasteiger partial charge in [0, 0.05) is 0 Å². The molecule has 0 saturated carbocycles. The summed E-state index contributed by atoms with van der Waals surface area (Å²) in [7, 11) is 2.97. The molecule has 0 radical (unpaired) electrons. The Kier molecular flexibility index (Phi) is 3.08. The predicted molar refractivity (Wildman–Crippen MR) is 53.9 cm³/mol. The lowest BCUT2D eigenvalue weighted by atomic mass is 10.2. The first-order valence-electron chi connectivity index (χ1n) is 3.54. The molecular weight excluding hydrogens is 158 g/mol. The van der Waals surface area contributed by atoms with Crippen molar-refractivity contribution in [2.24, 2.45) is 0 Å². The maximum absolute atomic E-state index is 2.82. The molecular formula is C8H14P2. The molecule has 1 rings (SSSR count). The van der Waals surface area contributed by atoms with E-state index in [0.717, 1.165) is 0 Å². The average molecular weight is 172 g/mol. The van der Waals surface area contributed by atoms with Crippen LogP contribution < -0.4 is 0 Å². The molecule has 1 aliphatic rings. The largest absolute Gasteiger partial charge is 0.105 e. The van der Waals surface area contributed by atoms with Crippen molar-refractivity contribution in [1.82, 2.24) is 0 Å². The zero-order valence-electron chi connectivity index (χ0n) is 6.59. The average Bonchev–Trinajstić information content (AvgIpc) is 1.88. The van der Waals surface area contributed by atoms with Gasteiger partial charge in [-0.05, 0) is 36.8 Å². The fourth-order valence-electron chi connectivity index (χ4n) is 1.15. The van der Waals surface area contributed by atoms with Crippen molar-refractivity contribution in [3.05, 3.63) is 22.8 Å². The number of allylic oxidation sites excluding steroid dienone is 4. The molecule has 0 bridgehead atoms. The zero-order chi connectivity index (χ0) is 7.56. The molecule has 0 N–H and O–H groups in total. The molecule has 0 amide bonds. The first-order chi connectivity index (χ1) is 4.72. The van der Waals surface area contributed by atoms with Crippen LogP contribution in [-0.2, 0) is 0 Å². The summed E-state index contributed by atoms with van der Waals surface area (Å²) in [6, 6.07) is 0. The van der Waals surface area contributed by atoms with Gasteiger partial charge in [0.25, 0.3) is 0 Å². The Morgan fingerprint density at radius 1 is 1.50 bits per heavy atom. The molecule has 0 aliphatic heterocycles. The molecule has 0 aromatic heterocycles. The van der Waals surface area contributed by atoms with Gasteiger partial charge in [0.1, 0.15) is 0 Å². The summed E-state index contributed by atoms with van der Waals surface area (Å²) >= 11 is 0. The van der Waals surface area contributed by atoms with Crippen molar-refractivity contribution >= 4 is 17.2 Å². The van der Waals surface area contributed by atoms with Crippen LogP contribution in [0.5, 0.6) is 0 Å². The van der Waals surface area contributed by atoms with Crippen LogP contribution in [0, 0.1) is 0 Å². The predicted octanol–water partition coefficient (Wildman–Crippen LogP) is 3.16. The van der Waals surface area contributed by atoms with Crippen LogP contribution in [0.1, 0.15) is 12.8 Å². The van der Waals surface area contributed by atoms with E-state index in [1.165, 1.54) is 18.2 Å². The van der Waals surface area contributed by atoms with Gasteiger partial charge in [-0.25, -0.2) is 0 Å². The highest BCUT2D eigenvalue weighted by Crippen LogP contribution is 2.44. The highest BCUT2D eigenvalue weighted by molar-refractivity contribution is 7.61. The third-order valence-electron chi connectivity index (χ3n) is 1.72. The third-order valence-corrected chi connectivity index (χ3v) is 4.06. The Labute approximate surface area is 66.7 Å². The van der Waals surface area contributed by atoms with Gasteiger partial charge in [-0.1, -0.05) is 20.1 Å². The van der Waals surface area contributed by atoms with Gasteiger partial charge in [-0.3, -0.25) is 0 Å². The van der Waals surface area contributed by atoms with Gasteiger partial charge < -0.3 is 0 Å². The van der Waals surface area contributed by atoms with Crippen LogP contribution in [-0.4, -0.2) is 13.3 Å². The van der Waals surface area contributed by atoms with E-state index >= 15 is 0 Å². The Hall–Kier alpha value is 0.340. The summed E-state index contributed by atoms with van der Waals surface area (Å²) in [6.07, 6.45) is 7.01. The third kappa shape index (κ3) is 1.91. The lowest BCUT2D eigenvalue weighted by molar-refractivity contribution is 1.01. The number of hydrogen-bond acceptors (Lipinski definition) is 0. The smallest absolute Gasteiger partial charge is 0.0234 e. The molecule has 0 aromatic rings. The van der Waals surface area contributed by atoms with Crippen molar-refractivity contribution < 1.29 is 0 Å². The SMILES string of the molecule is CP(C)C1=C(P)C=CCC1. The molecule has 10 heavy (non-hydrogen) atoms. The molecule has 1 unspecified atom stereocenters. The number of hydrogen-bond donors (Lipinski definition) is 0. The maximum Gasteiger partial charge on any atom is -0.0234 e. The summed E-state index contributed by atoms with van der Waals surface area (Å²) in [5.74, 6) is 0. The maximum atomic E-state index is 2.82. The van der Waals surface area contributed by atoms with Crippen molar-refractivity contribution in [2.75, 3.05) is 13.3 Å². The minimum atomic E-state index is 0.150. The lowest BCUT2D eigenvalue weighted by Crippen LogP contribution is -1.87. The van der Waals surface area contributed by atoms with E-state index in [1.54, 1.807) is 5.31 Å². The molecule has 0 fully saturated rings. The van der Waals surface area contributed by atoms with E-state index < -0.39 is 0 Å². The van der Waals surface area contributed by atoms with Crippen LogP contribution in [0.25, 0.3) is 0 Å². The van der Waals surface area contributed by atoms with Gasteiger partial charge in [0.15, 0.2) is 0 Å². The molecule has 1 aliphatic carbocycles. The van der Waals surface area contributed by atoms with Crippen molar-refractivity contribution in [2.45, 2.75) is 12.8 Å². The minimum Gasteiger partial charge on any atom is -0.105 e. The van der Waals surface area contributed by atoms with Crippen LogP contribution in [0.3, 0.4) is 0 Å². The molecule has 0 spiro atoms. The molecule has 2 heteroatoms. The van der Waals surface area contributed by atoms with Crippen LogP contribution >= 0.6 is 17.2 Å². The van der Waals surface area contributed by atoms with Crippen molar-refractivity contribution in [1.29, 1.82) is 0 Å². The van der Waals surface area contributed by atoms with E-state index in [4.69, 9.17) is 0 Å². The van der Waals surface area contributed by atoms with Gasteiger partial charge in [0.2, 0.25) is 0 Å². The summed E-state index contributed by atoms with van der Waals surface area (Å²) < 4.78 is 0. The second kappa shape index (κ2) is 3.65. The topological polar surface area (TPSA) is 0 Å². The van der Waals surface area contributed by atoms with Crippen molar-refractivity contribution in [3.63, 3.8) is 0 Å². The Bertz CT molecular complexity index is 178. The summed E-state index contributed by atoms with van der Waals surface area (Å²) in [6.45, 7) is 4.65. The zero-order valence-corrected chi connectivity index (χ0v) is 8.64. The molecule has 0 nitrogen and oxygen atoms in total. The normalized spacial score (nSPS) is 18.8. The Morgan fingerprint density at radius 2 is 2.20 bits per heavy atom. The highest BCUT2D eigenvalue weighted by atomic mass is 31.1. The molecule has 56 valence electrons. The quantitative estimate of drug-likeness (QED) is 0.533. The first kappa shape index (κ1) is 8.44. The van der Waals surface area contributed by atoms with Crippen LogP contribution in [0.15, 0.2) is 22.8 Å². The standard InChI is InChI=1S/C8H14P2/c1-10(2)8-6-4-3-5-7(8)9/h3,5H,4,6,9H2,1-2H3. The fraction of sp³-hybridized carbons (Fsp3) is 0.500. The van der Waals surface area contributed by atoms with Gasteiger partial charge in [0.05, 0.1) is 0 Å². The van der Waals surface area contributed by atoms with Crippen molar-refractivity contribution in [3.8, 4) is 0 Å². The first-order valence-corrected chi connectivity index (χ1v) is 6.35. The van der Waals surface area contributed by atoms with E-state index in [9.17, 15) is 0 Å². The van der Waals surface area contributed by atoms with Crippen LogP contribution in [0.2, 0.25) is 0 Å². The summed E-state index contributed by atoms with van der Waals surface area (Å²) in [4.78, 5) is 0. The lowest BCUT2D eigenvalue weighted by Gasteiger charge is -2.16.